The van der Waals surface area contributed by atoms with Crippen molar-refractivity contribution in [1.82, 2.24) is 10.2 Å². The van der Waals surface area contributed by atoms with Gasteiger partial charge < -0.3 is 19.7 Å². The van der Waals surface area contributed by atoms with Crippen molar-refractivity contribution in [3.63, 3.8) is 0 Å². The third kappa shape index (κ3) is 4.68. The van der Waals surface area contributed by atoms with E-state index >= 15 is 0 Å². The zero-order valence-corrected chi connectivity index (χ0v) is 10.0. The van der Waals surface area contributed by atoms with Crippen molar-refractivity contribution in [3.8, 4) is 0 Å². The van der Waals surface area contributed by atoms with Crippen molar-refractivity contribution in [2.75, 3.05) is 40.0 Å². The third-order valence-corrected chi connectivity index (χ3v) is 2.25. The van der Waals surface area contributed by atoms with Crippen LogP contribution in [0.4, 0.5) is 4.79 Å². The molecule has 1 heterocycles. The van der Waals surface area contributed by atoms with E-state index in [0.717, 1.165) is 13.1 Å². The molecule has 0 radical (unpaired) electrons. The van der Waals surface area contributed by atoms with Crippen LogP contribution in [0.2, 0.25) is 0 Å². The Hall–Kier alpha value is -0.520. The van der Waals surface area contributed by atoms with Gasteiger partial charge in [-0.05, 0) is 6.92 Å². The van der Waals surface area contributed by atoms with Crippen LogP contribution >= 0.6 is 12.4 Å². The van der Waals surface area contributed by atoms with E-state index < -0.39 is 0 Å². The van der Waals surface area contributed by atoms with Crippen LogP contribution in [0.15, 0.2) is 0 Å². The first-order valence-corrected chi connectivity index (χ1v) is 4.88. The quantitative estimate of drug-likeness (QED) is 0.727. The summed E-state index contributed by atoms with van der Waals surface area (Å²) in [7, 11) is 1.58. The second kappa shape index (κ2) is 7.73. The summed E-state index contributed by atoms with van der Waals surface area (Å²) in [4.78, 5) is 13.2. The monoisotopic (exact) mass is 238 g/mol. The number of carbonyl (C=O) groups is 1. The van der Waals surface area contributed by atoms with Crippen LogP contribution in [-0.2, 0) is 9.47 Å². The molecular weight excluding hydrogens is 220 g/mol. The first kappa shape index (κ1) is 14.5. The Morgan fingerprint density at radius 1 is 1.53 bits per heavy atom. The number of hydrogen-bond donors (Lipinski definition) is 1. The standard InChI is InChI=1S/C9H18N2O3.ClH/c1-8-7-10-3-4-11(8)9(12)14-6-5-13-2;/h8,10H,3-7H2,1-2H3;1H. The van der Waals surface area contributed by atoms with E-state index in [9.17, 15) is 4.79 Å². The van der Waals surface area contributed by atoms with Gasteiger partial charge in [0.05, 0.1) is 6.61 Å². The van der Waals surface area contributed by atoms with Crippen LogP contribution in [0.3, 0.4) is 0 Å². The fourth-order valence-corrected chi connectivity index (χ4v) is 1.41. The van der Waals surface area contributed by atoms with E-state index in [2.05, 4.69) is 5.32 Å². The number of piperazine rings is 1. The van der Waals surface area contributed by atoms with Crippen molar-refractivity contribution in [1.29, 1.82) is 0 Å². The molecule has 1 amide bonds. The van der Waals surface area contributed by atoms with Crippen molar-refractivity contribution >= 4 is 18.5 Å². The predicted molar refractivity (Wildman–Crippen MR) is 59.5 cm³/mol. The maximum atomic E-state index is 11.5. The Morgan fingerprint density at radius 3 is 2.87 bits per heavy atom. The molecule has 1 rings (SSSR count). The maximum Gasteiger partial charge on any atom is 0.410 e. The number of rotatable bonds is 3. The Balaban J connectivity index is 0.00000196. The normalized spacial score (nSPS) is 20.7. The van der Waals surface area contributed by atoms with Crippen LogP contribution in [0.1, 0.15) is 6.92 Å². The molecule has 90 valence electrons. The molecule has 0 bridgehead atoms. The van der Waals surface area contributed by atoms with Gasteiger partial charge in [-0.3, -0.25) is 0 Å². The molecule has 1 unspecified atom stereocenters. The van der Waals surface area contributed by atoms with Crippen LogP contribution in [0.5, 0.6) is 0 Å². The number of hydrogen-bond acceptors (Lipinski definition) is 4. The summed E-state index contributed by atoms with van der Waals surface area (Å²) in [6.45, 7) is 5.16. The van der Waals surface area contributed by atoms with Crippen molar-refractivity contribution in [2.24, 2.45) is 0 Å². The minimum Gasteiger partial charge on any atom is -0.447 e. The molecule has 15 heavy (non-hydrogen) atoms. The Bertz CT molecular complexity index is 192. The average molecular weight is 239 g/mol. The number of carbonyl (C=O) groups excluding carboxylic acids is 1. The second-order valence-electron chi connectivity index (χ2n) is 3.35. The highest BCUT2D eigenvalue weighted by Crippen LogP contribution is 2.04. The van der Waals surface area contributed by atoms with E-state index in [1.807, 2.05) is 6.92 Å². The van der Waals surface area contributed by atoms with Gasteiger partial charge in [0.1, 0.15) is 6.61 Å². The molecular formula is C9H19ClN2O3. The molecule has 1 N–H and O–H groups in total. The molecule has 1 fully saturated rings. The van der Waals surface area contributed by atoms with Gasteiger partial charge in [0.25, 0.3) is 0 Å². The summed E-state index contributed by atoms with van der Waals surface area (Å²) in [5.74, 6) is 0. The van der Waals surface area contributed by atoms with Gasteiger partial charge in [0.15, 0.2) is 0 Å². The molecule has 6 heteroatoms. The lowest BCUT2D eigenvalue weighted by Gasteiger charge is -2.32. The summed E-state index contributed by atoms with van der Waals surface area (Å²) in [6.07, 6.45) is -0.240. The van der Waals surface area contributed by atoms with Crippen LogP contribution in [0.25, 0.3) is 0 Å². The SMILES string of the molecule is COCCOC(=O)N1CCNCC1C.Cl. The Labute approximate surface area is 96.5 Å². The van der Waals surface area contributed by atoms with E-state index in [0.29, 0.717) is 19.8 Å². The lowest BCUT2D eigenvalue weighted by atomic mass is 10.2. The topological polar surface area (TPSA) is 50.8 Å². The molecule has 1 aliphatic heterocycles. The van der Waals surface area contributed by atoms with Crippen LogP contribution in [0, 0.1) is 0 Å². The molecule has 0 aromatic rings. The molecule has 0 aliphatic carbocycles. The Kier molecular flexibility index (Phi) is 7.46. The minimum absolute atomic E-state index is 0. The third-order valence-electron chi connectivity index (χ3n) is 2.25. The summed E-state index contributed by atoms with van der Waals surface area (Å²) < 4.78 is 9.82. The smallest absolute Gasteiger partial charge is 0.410 e. The molecule has 1 atom stereocenters. The summed E-state index contributed by atoms with van der Waals surface area (Å²) >= 11 is 0. The van der Waals surface area contributed by atoms with E-state index in [4.69, 9.17) is 9.47 Å². The highest BCUT2D eigenvalue weighted by atomic mass is 35.5. The van der Waals surface area contributed by atoms with E-state index in [1.165, 1.54) is 0 Å². The molecule has 5 nitrogen and oxygen atoms in total. The van der Waals surface area contributed by atoms with E-state index in [1.54, 1.807) is 12.0 Å². The Morgan fingerprint density at radius 2 is 2.27 bits per heavy atom. The van der Waals surface area contributed by atoms with E-state index in [-0.39, 0.29) is 24.5 Å². The fourth-order valence-electron chi connectivity index (χ4n) is 1.41. The first-order valence-electron chi connectivity index (χ1n) is 4.88. The lowest BCUT2D eigenvalue weighted by Crippen LogP contribution is -2.52. The summed E-state index contributed by atoms with van der Waals surface area (Å²) in [5.41, 5.74) is 0. The van der Waals surface area contributed by atoms with Crippen LogP contribution in [-0.4, -0.2) is 57.0 Å². The number of nitrogens with zero attached hydrogens (tertiary/aromatic N) is 1. The summed E-state index contributed by atoms with van der Waals surface area (Å²) in [6, 6.07) is 0.207. The number of amides is 1. The highest BCUT2D eigenvalue weighted by Gasteiger charge is 2.23. The molecule has 1 saturated heterocycles. The minimum atomic E-state index is -0.240. The fraction of sp³-hybridized carbons (Fsp3) is 0.889. The maximum absolute atomic E-state index is 11.5. The average Bonchev–Trinajstić information content (AvgIpc) is 2.18. The predicted octanol–water partition coefficient (Wildman–Crippen LogP) is 0.485. The van der Waals surface area contributed by atoms with Crippen LogP contribution < -0.4 is 5.32 Å². The lowest BCUT2D eigenvalue weighted by molar-refractivity contribution is 0.0581. The molecule has 0 saturated carbocycles. The van der Waals surface area contributed by atoms with Crippen molar-refractivity contribution in [3.05, 3.63) is 0 Å². The zero-order chi connectivity index (χ0) is 10.4. The van der Waals surface area contributed by atoms with Gasteiger partial charge >= 0.3 is 6.09 Å². The molecule has 1 aliphatic rings. The molecule has 0 aromatic carbocycles. The first-order chi connectivity index (χ1) is 6.75. The van der Waals surface area contributed by atoms with Gasteiger partial charge in [0, 0.05) is 32.8 Å². The van der Waals surface area contributed by atoms with Crippen molar-refractivity contribution in [2.45, 2.75) is 13.0 Å². The highest BCUT2D eigenvalue weighted by molar-refractivity contribution is 5.85. The number of ether oxygens (including phenoxy) is 2. The number of halogens is 1. The van der Waals surface area contributed by atoms with Gasteiger partial charge in [0.2, 0.25) is 0 Å². The van der Waals surface area contributed by atoms with Gasteiger partial charge in [-0.2, -0.15) is 0 Å². The second-order valence-corrected chi connectivity index (χ2v) is 3.35. The van der Waals surface area contributed by atoms with Gasteiger partial charge in [-0.1, -0.05) is 0 Å². The van der Waals surface area contributed by atoms with Gasteiger partial charge in [-0.25, -0.2) is 4.79 Å². The zero-order valence-electron chi connectivity index (χ0n) is 9.19. The summed E-state index contributed by atoms with van der Waals surface area (Å²) in [5, 5.41) is 3.21. The van der Waals surface area contributed by atoms with Gasteiger partial charge in [-0.15, -0.1) is 12.4 Å². The molecule has 0 spiro atoms. The molecule has 0 aromatic heterocycles. The largest absolute Gasteiger partial charge is 0.447 e. The van der Waals surface area contributed by atoms with Crippen molar-refractivity contribution < 1.29 is 14.3 Å². The number of methoxy groups -OCH3 is 1. The number of nitrogens with one attached hydrogen (secondary N) is 1.